The van der Waals surface area contributed by atoms with Gasteiger partial charge >= 0.3 is 11.9 Å². The molecular formula is C21H27NO4. The summed E-state index contributed by atoms with van der Waals surface area (Å²) in [5.74, 6) is -1.44. The first-order valence-electron chi connectivity index (χ1n) is 8.62. The Balaban J connectivity index is 2.68. The van der Waals surface area contributed by atoms with Gasteiger partial charge in [0.2, 0.25) is 0 Å². The van der Waals surface area contributed by atoms with Crippen LogP contribution in [0.2, 0.25) is 0 Å². The number of ether oxygens (including phenoxy) is 2. The van der Waals surface area contributed by atoms with Crippen molar-refractivity contribution in [2.75, 3.05) is 7.11 Å². The van der Waals surface area contributed by atoms with Crippen LogP contribution in [0.5, 0.6) is 0 Å². The molecule has 1 aromatic carbocycles. The van der Waals surface area contributed by atoms with E-state index in [0.29, 0.717) is 22.5 Å². The van der Waals surface area contributed by atoms with Crippen LogP contribution in [-0.2, 0) is 19.1 Å². The molecule has 0 saturated heterocycles. The van der Waals surface area contributed by atoms with Crippen LogP contribution in [0.4, 0.5) is 0 Å². The fourth-order valence-corrected chi connectivity index (χ4v) is 3.20. The highest BCUT2D eigenvalue weighted by Gasteiger charge is 2.39. The third-order valence-corrected chi connectivity index (χ3v) is 4.28. The molecule has 5 heteroatoms. The van der Waals surface area contributed by atoms with E-state index in [-0.39, 0.29) is 0 Å². The fourth-order valence-electron chi connectivity index (χ4n) is 3.20. The number of methoxy groups -OCH3 is 1. The average Bonchev–Trinajstić information content (AvgIpc) is 2.52. The quantitative estimate of drug-likeness (QED) is 0.835. The number of hydrogen-bond acceptors (Lipinski definition) is 5. The second kappa shape index (κ2) is 7.36. The van der Waals surface area contributed by atoms with Gasteiger partial charge in [-0.3, -0.25) is 0 Å². The molecule has 0 aliphatic carbocycles. The zero-order chi connectivity index (χ0) is 19.6. The minimum absolute atomic E-state index is 0.424. The Kier molecular flexibility index (Phi) is 5.59. The van der Waals surface area contributed by atoms with Gasteiger partial charge in [0, 0.05) is 11.4 Å². The molecule has 1 N–H and O–H groups in total. The standard InChI is InChI=1S/C21H27NO4/c1-12-10-8-9-11-15(12)18-16(19(23)25-7)13(2)22-14(3)17(18)20(24)26-21(4,5)6/h8-11,18,22H,1-7H3. The van der Waals surface area contributed by atoms with E-state index in [2.05, 4.69) is 5.32 Å². The summed E-state index contributed by atoms with van der Waals surface area (Å²) in [7, 11) is 1.34. The third kappa shape index (κ3) is 3.98. The number of nitrogens with one attached hydrogen (secondary N) is 1. The van der Waals surface area contributed by atoms with Crippen molar-refractivity contribution in [1.82, 2.24) is 5.32 Å². The topological polar surface area (TPSA) is 64.6 Å². The van der Waals surface area contributed by atoms with Crippen LogP contribution in [-0.4, -0.2) is 24.6 Å². The molecule has 0 amide bonds. The van der Waals surface area contributed by atoms with Gasteiger partial charge in [-0.05, 0) is 52.7 Å². The average molecular weight is 357 g/mol. The van der Waals surface area contributed by atoms with Crippen LogP contribution in [0.15, 0.2) is 46.8 Å². The first-order valence-corrected chi connectivity index (χ1v) is 8.62. The largest absolute Gasteiger partial charge is 0.466 e. The molecule has 0 radical (unpaired) electrons. The van der Waals surface area contributed by atoms with Crippen molar-refractivity contribution < 1.29 is 19.1 Å². The molecule has 26 heavy (non-hydrogen) atoms. The summed E-state index contributed by atoms with van der Waals surface area (Å²) >= 11 is 0. The predicted octanol–water partition coefficient (Wildman–Crippen LogP) is 3.74. The van der Waals surface area contributed by atoms with E-state index < -0.39 is 23.5 Å². The molecule has 0 spiro atoms. The lowest BCUT2D eigenvalue weighted by atomic mass is 9.79. The maximum atomic E-state index is 13.0. The summed E-state index contributed by atoms with van der Waals surface area (Å²) in [6.45, 7) is 11.1. The van der Waals surface area contributed by atoms with Gasteiger partial charge in [-0.15, -0.1) is 0 Å². The normalized spacial score (nSPS) is 17.7. The SMILES string of the molecule is COC(=O)C1=C(C)NC(C)=C(C(=O)OC(C)(C)C)C1c1ccccc1C. The van der Waals surface area contributed by atoms with E-state index in [0.717, 1.165) is 11.1 Å². The van der Waals surface area contributed by atoms with Gasteiger partial charge < -0.3 is 14.8 Å². The number of dihydropyridines is 1. The Hall–Kier alpha value is -2.56. The molecule has 0 saturated carbocycles. The Labute approximate surface area is 155 Å². The lowest BCUT2D eigenvalue weighted by Crippen LogP contribution is -2.35. The summed E-state index contributed by atoms with van der Waals surface area (Å²) < 4.78 is 10.6. The lowest BCUT2D eigenvalue weighted by Gasteiger charge is -2.32. The highest BCUT2D eigenvalue weighted by Crippen LogP contribution is 2.40. The van der Waals surface area contributed by atoms with Crippen LogP contribution >= 0.6 is 0 Å². The number of rotatable bonds is 3. The number of aryl methyl sites for hydroxylation is 1. The number of hydrogen-bond donors (Lipinski definition) is 1. The number of esters is 2. The van der Waals surface area contributed by atoms with Gasteiger partial charge in [-0.2, -0.15) is 0 Å². The summed E-state index contributed by atoms with van der Waals surface area (Å²) in [4.78, 5) is 25.5. The van der Waals surface area contributed by atoms with Crippen molar-refractivity contribution in [2.24, 2.45) is 0 Å². The molecule has 1 aliphatic heterocycles. The third-order valence-electron chi connectivity index (χ3n) is 4.28. The molecule has 5 nitrogen and oxygen atoms in total. The molecule has 1 aliphatic rings. The van der Waals surface area contributed by atoms with Crippen LogP contribution in [0, 0.1) is 6.92 Å². The monoisotopic (exact) mass is 357 g/mol. The van der Waals surface area contributed by atoms with E-state index in [4.69, 9.17) is 9.47 Å². The number of benzene rings is 1. The molecule has 0 aromatic heterocycles. The zero-order valence-electron chi connectivity index (χ0n) is 16.5. The van der Waals surface area contributed by atoms with Gasteiger partial charge in [0.1, 0.15) is 5.60 Å². The Morgan fingerprint density at radius 3 is 2.00 bits per heavy atom. The second-order valence-corrected chi connectivity index (χ2v) is 7.49. The van der Waals surface area contributed by atoms with Gasteiger partial charge in [-0.1, -0.05) is 24.3 Å². The van der Waals surface area contributed by atoms with Crippen molar-refractivity contribution in [3.8, 4) is 0 Å². The van der Waals surface area contributed by atoms with Gasteiger partial charge in [0.15, 0.2) is 0 Å². The first kappa shape index (κ1) is 19.8. The first-order chi connectivity index (χ1) is 12.1. The Morgan fingerprint density at radius 1 is 0.962 bits per heavy atom. The van der Waals surface area contributed by atoms with E-state index in [1.165, 1.54) is 7.11 Å². The Morgan fingerprint density at radius 2 is 1.50 bits per heavy atom. The lowest BCUT2D eigenvalue weighted by molar-refractivity contribution is -0.150. The van der Waals surface area contributed by atoms with Crippen molar-refractivity contribution >= 4 is 11.9 Å². The van der Waals surface area contributed by atoms with Crippen LogP contribution in [0.1, 0.15) is 51.7 Å². The minimum Gasteiger partial charge on any atom is -0.466 e. The molecule has 1 heterocycles. The zero-order valence-corrected chi connectivity index (χ0v) is 16.5. The summed E-state index contributed by atoms with van der Waals surface area (Å²) in [6.07, 6.45) is 0. The molecule has 1 unspecified atom stereocenters. The minimum atomic E-state index is -0.637. The number of allylic oxidation sites excluding steroid dienone is 2. The van der Waals surface area contributed by atoms with E-state index >= 15 is 0 Å². The van der Waals surface area contributed by atoms with Crippen LogP contribution in [0.25, 0.3) is 0 Å². The molecule has 1 aromatic rings. The Bertz CT molecular complexity index is 796. The second-order valence-electron chi connectivity index (χ2n) is 7.49. The maximum Gasteiger partial charge on any atom is 0.337 e. The predicted molar refractivity (Wildman–Crippen MR) is 100 cm³/mol. The number of carbonyl (C=O) groups excluding carboxylic acids is 2. The smallest absolute Gasteiger partial charge is 0.337 e. The summed E-state index contributed by atoms with van der Waals surface area (Å²) in [5.41, 5.74) is 3.44. The van der Waals surface area contributed by atoms with Crippen molar-refractivity contribution in [1.29, 1.82) is 0 Å². The van der Waals surface area contributed by atoms with Crippen molar-refractivity contribution in [3.63, 3.8) is 0 Å². The fraction of sp³-hybridized carbons (Fsp3) is 0.429. The molecule has 0 fully saturated rings. The van der Waals surface area contributed by atoms with Gasteiger partial charge in [0.25, 0.3) is 0 Å². The summed E-state index contributed by atoms with van der Waals surface area (Å²) in [6, 6.07) is 7.72. The van der Waals surface area contributed by atoms with Gasteiger partial charge in [0.05, 0.1) is 24.2 Å². The molecule has 140 valence electrons. The highest BCUT2D eigenvalue weighted by molar-refractivity contribution is 6.00. The molecule has 1 atom stereocenters. The molecule has 0 bridgehead atoms. The van der Waals surface area contributed by atoms with Crippen LogP contribution in [0.3, 0.4) is 0 Å². The maximum absolute atomic E-state index is 13.0. The van der Waals surface area contributed by atoms with E-state index in [1.807, 2.05) is 65.8 Å². The highest BCUT2D eigenvalue weighted by atomic mass is 16.6. The van der Waals surface area contributed by atoms with Crippen molar-refractivity contribution in [3.05, 3.63) is 57.9 Å². The molecule has 2 rings (SSSR count). The molecular weight excluding hydrogens is 330 g/mol. The van der Waals surface area contributed by atoms with Crippen LogP contribution < -0.4 is 5.32 Å². The van der Waals surface area contributed by atoms with Gasteiger partial charge in [-0.25, -0.2) is 9.59 Å². The van der Waals surface area contributed by atoms with Crippen molar-refractivity contribution in [2.45, 2.75) is 53.1 Å². The number of carbonyl (C=O) groups is 2. The summed E-state index contributed by atoms with van der Waals surface area (Å²) in [5, 5.41) is 3.14. The van der Waals surface area contributed by atoms with E-state index in [1.54, 1.807) is 0 Å². The van der Waals surface area contributed by atoms with E-state index in [9.17, 15) is 9.59 Å².